The van der Waals surface area contributed by atoms with Crippen molar-refractivity contribution in [2.45, 2.75) is 26.2 Å². The molecule has 0 aromatic carbocycles. The molecule has 2 N–H and O–H groups in total. The summed E-state index contributed by atoms with van der Waals surface area (Å²) in [5, 5.41) is 6.55. The van der Waals surface area contributed by atoms with E-state index < -0.39 is 0 Å². The van der Waals surface area contributed by atoms with Crippen LogP contribution in [0.1, 0.15) is 26.2 Å². The molecule has 1 aliphatic rings. The zero-order valence-corrected chi connectivity index (χ0v) is 7.40. The largest absolute Gasteiger partial charge is 0.292 e. The molecule has 0 aromatic heterocycles. The van der Waals surface area contributed by atoms with E-state index in [1.807, 2.05) is 0 Å². The van der Waals surface area contributed by atoms with Crippen LogP contribution in [0.4, 0.5) is 0 Å². The van der Waals surface area contributed by atoms with E-state index in [2.05, 4.69) is 22.5 Å². The molecular formula is C8H19N3. The third-order valence-electron chi connectivity index (χ3n) is 2.00. The van der Waals surface area contributed by atoms with E-state index in [1.54, 1.807) is 0 Å². The van der Waals surface area contributed by atoms with Crippen LogP contribution in [0, 0.1) is 0 Å². The second-order valence-corrected chi connectivity index (χ2v) is 3.09. The van der Waals surface area contributed by atoms with Crippen molar-refractivity contribution < 1.29 is 0 Å². The van der Waals surface area contributed by atoms with Crippen molar-refractivity contribution in [1.29, 1.82) is 0 Å². The Balaban J connectivity index is 1.96. The fourth-order valence-electron chi connectivity index (χ4n) is 1.32. The Hall–Kier alpha value is -0.120. The lowest BCUT2D eigenvalue weighted by atomic mass is 10.2. The SMILES string of the molecule is CCCCCN1CNCNC1. The van der Waals surface area contributed by atoms with Gasteiger partial charge in [0.1, 0.15) is 0 Å². The van der Waals surface area contributed by atoms with Crippen LogP contribution in [0.2, 0.25) is 0 Å². The lowest BCUT2D eigenvalue weighted by Crippen LogP contribution is -2.50. The van der Waals surface area contributed by atoms with Crippen LogP contribution in [-0.2, 0) is 0 Å². The maximum absolute atomic E-state index is 3.28. The van der Waals surface area contributed by atoms with Gasteiger partial charge in [-0.25, -0.2) is 0 Å². The number of hydrogen-bond donors (Lipinski definition) is 2. The van der Waals surface area contributed by atoms with Crippen molar-refractivity contribution in [3.05, 3.63) is 0 Å². The summed E-state index contributed by atoms with van der Waals surface area (Å²) in [6.07, 6.45) is 4.01. The molecule has 3 nitrogen and oxygen atoms in total. The molecule has 66 valence electrons. The molecule has 0 unspecified atom stereocenters. The Labute approximate surface area is 69.1 Å². The summed E-state index contributed by atoms with van der Waals surface area (Å²) < 4.78 is 0. The highest BCUT2D eigenvalue weighted by molar-refractivity contribution is 4.59. The third kappa shape index (κ3) is 3.70. The first-order valence-electron chi connectivity index (χ1n) is 4.57. The van der Waals surface area contributed by atoms with E-state index in [0.29, 0.717) is 0 Å². The summed E-state index contributed by atoms with van der Waals surface area (Å²) in [6, 6.07) is 0. The fourth-order valence-corrected chi connectivity index (χ4v) is 1.32. The van der Waals surface area contributed by atoms with Crippen LogP contribution in [-0.4, -0.2) is 31.5 Å². The molecule has 0 amide bonds. The highest BCUT2D eigenvalue weighted by Gasteiger charge is 2.06. The summed E-state index contributed by atoms with van der Waals surface area (Å²) >= 11 is 0. The Morgan fingerprint density at radius 1 is 1.18 bits per heavy atom. The van der Waals surface area contributed by atoms with Crippen molar-refractivity contribution in [3.63, 3.8) is 0 Å². The minimum atomic E-state index is 0.963. The van der Waals surface area contributed by atoms with Crippen LogP contribution >= 0.6 is 0 Å². The summed E-state index contributed by atoms with van der Waals surface area (Å²) in [5.74, 6) is 0. The zero-order chi connectivity index (χ0) is 7.94. The fraction of sp³-hybridized carbons (Fsp3) is 1.00. The molecular weight excluding hydrogens is 138 g/mol. The van der Waals surface area contributed by atoms with Crippen molar-refractivity contribution >= 4 is 0 Å². The van der Waals surface area contributed by atoms with Crippen LogP contribution < -0.4 is 10.6 Å². The molecule has 0 aromatic rings. The Kier molecular flexibility index (Phi) is 4.50. The van der Waals surface area contributed by atoms with E-state index in [0.717, 1.165) is 20.0 Å². The summed E-state index contributed by atoms with van der Waals surface area (Å²) in [7, 11) is 0. The summed E-state index contributed by atoms with van der Waals surface area (Å²) in [5.41, 5.74) is 0. The van der Waals surface area contributed by atoms with Gasteiger partial charge < -0.3 is 0 Å². The normalized spacial score (nSPS) is 20.5. The van der Waals surface area contributed by atoms with Gasteiger partial charge in [-0.15, -0.1) is 0 Å². The zero-order valence-electron chi connectivity index (χ0n) is 7.40. The van der Waals surface area contributed by atoms with Crippen molar-refractivity contribution in [1.82, 2.24) is 15.5 Å². The van der Waals surface area contributed by atoms with Gasteiger partial charge in [0, 0.05) is 13.2 Å². The van der Waals surface area contributed by atoms with Gasteiger partial charge in [-0.1, -0.05) is 19.8 Å². The Bertz CT molecular complexity index is 89.3. The molecule has 1 aliphatic heterocycles. The molecule has 3 heteroatoms. The van der Waals surface area contributed by atoms with Crippen LogP contribution in [0.25, 0.3) is 0 Å². The molecule has 0 bridgehead atoms. The second kappa shape index (κ2) is 5.52. The maximum atomic E-state index is 3.28. The summed E-state index contributed by atoms with van der Waals surface area (Å²) in [4.78, 5) is 2.40. The predicted octanol–water partition coefficient (Wildman–Crippen LogP) is 0.544. The van der Waals surface area contributed by atoms with Crippen LogP contribution in [0.3, 0.4) is 0 Å². The number of hydrogen-bond acceptors (Lipinski definition) is 3. The topological polar surface area (TPSA) is 27.3 Å². The average molecular weight is 157 g/mol. The van der Waals surface area contributed by atoms with Crippen LogP contribution in [0.5, 0.6) is 0 Å². The smallest absolute Gasteiger partial charge is 0.0502 e. The third-order valence-corrected chi connectivity index (χ3v) is 2.00. The number of nitrogens with zero attached hydrogens (tertiary/aromatic N) is 1. The van der Waals surface area contributed by atoms with Gasteiger partial charge in [0.15, 0.2) is 0 Å². The van der Waals surface area contributed by atoms with Gasteiger partial charge >= 0.3 is 0 Å². The first-order valence-corrected chi connectivity index (χ1v) is 4.57. The lowest BCUT2D eigenvalue weighted by Gasteiger charge is -2.27. The number of unbranched alkanes of at least 4 members (excludes halogenated alkanes) is 2. The number of rotatable bonds is 4. The van der Waals surface area contributed by atoms with Crippen molar-refractivity contribution in [3.8, 4) is 0 Å². The van der Waals surface area contributed by atoms with Crippen LogP contribution in [0.15, 0.2) is 0 Å². The molecule has 1 saturated heterocycles. The first kappa shape index (κ1) is 8.97. The minimum absolute atomic E-state index is 0.963. The van der Waals surface area contributed by atoms with E-state index in [9.17, 15) is 0 Å². The molecule has 0 saturated carbocycles. The van der Waals surface area contributed by atoms with Gasteiger partial charge in [-0.3, -0.25) is 15.5 Å². The molecule has 0 atom stereocenters. The monoisotopic (exact) mass is 157 g/mol. The van der Waals surface area contributed by atoms with Gasteiger partial charge in [-0.05, 0) is 6.42 Å². The first-order chi connectivity index (χ1) is 5.43. The maximum Gasteiger partial charge on any atom is 0.0502 e. The molecule has 1 heterocycles. The molecule has 11 heavy (non-hydrogen) atoms. The van der Waals surface area contributed by atoms with Crippen molar-refractivity contribution in [2.75, 3.05) is 26.6 Å². The molecule has 0 spiro atoms. The standard InChI is InChI=1S/C8H19N3/c1-2-3-4-5-11-7-9-6-10-8-11/h9-10H,2-8H2,1H3. The highest BCUT2D eigenvalue weighted by Crippen LogP contribution is 1.97. The molecule has 0 aliphatic carbocycles. The quantitative estimate of drug-likeness (QED) is 0.583. The van der Waals surface area contributed by atoms with Gasteiger partial charge in [-0.2, -0.15) is 0 Å². The van der Waals surface area contributed by atoms with E-state index in [1.165, 1.54) is 25.8 Å². The second-order valence-electron chi connectivity index (χ2n) is 3.09. The Morgan fingerprint density at radius 3 is 2.55 bits per heavy atom. The van der Waals surface area contributed by atoms with Gasteiger partial charge in [0.05, 0.1) is 13.3 Å². The van der Waals surface area contributed by atoms with Gasteiger partial charge in [0.25, 0.3) is 0 Å². The highest BCUT2D eigenvalue weighted by atomic mass is 15.4. The predicted molar refractivity (Wildman–Crippen MR) is 47.1 cm³/mol. The Morgan fingerprint density at radius 2 is 1.91 bits per heavy atom. The lowest BCUT2D eigenvalue weighted by molar-refractivity contribution is 0.188. The molecule has 1 rings (SSSR count). The summed E-state index contributed by atoms with van der Waals surface area (Å²) in [6.45, 7) is 6.54. The average Bonchev–Trinajstić information content (AvgIpc) is 2.07. The van der Waals surface area contributed by atoms with E-state index >= 15 is 0 Å². The van der Waals surface area contributed by atoms with Crippen molar-refractivity contribution in [2.24, 2.45) is 0 Å². The molecule has 0 radical (unpaired) electrons. The minimum Gasteiger partial charge on any atom is -0.292 e. The molecule has 1 fully saturated rings. The van der Waals surface area contributed by atoms with E-state index in [-0.39, 0.29) is 0 Å². The number of nitrogens with one attached hydrogen (secondary N) is 2. The van der Waals surface area contributed by atoms with E-state index in [4.69, 9.17) is 0 Å². The van der Waals surface area contributed by atoms with Gasteiger partial charge in [0.2, 0.25) is 0 Å².